The molecule has 3 rings (SSSR count). The third-order valence-corrected chi connectivity index (χ3v) is 5.78. The lowest BCUT2D eigenvalue weighted by Gasteiger charge is -2.14. The SMILES string of the molecule is COc1ccc(C(=O)c2cc(OC)c(OC)c(OC)c2)cc1/C=C/C(=O)c1cc(OC)c(OC)c(OC)c1. The highest BCUT2D eigenvalue weighted by molar-refractivity contribution is 6.11. The van der Waals surface area contributed by atoms with Crippen molar-refractivity contribution >= 4 is 17.6 Å². The lowest BCUT2D eigenvalue weighted by Crippen LogP contribution is -2.05. The zero-order chi connectivity index (χ0) is 27.8. The van der Waals surface area contributed by atoms with E-state index in [1.165, 1.54) is 55.8 Å². The molecule has 0 atom stereocenters. The fourth-order valence-corrected chi connectivity index (χ4v) is 3.87. The van der Waals surface area contributed by atoms with Crippen LogP contribution in [0.25, 0.3) is 6.08 Å². The molecule has 0 unspecified atom stereocenters. The van der Waals surface area contributed by atoms with Crippen LogP contribution in [0, 0.1) is 0 Å². The van der Waals surface area contributed by atoms with Gasteiger partial charge < -0.3 is 33.2 Å². The van der Waals surface area contributed by atoms with Gasteiger partial charge in [-0.15, -0.1) is 0 Å². The van der Waals surface area contributed by atoms with Crippen molar-refractivity contribution in [2.24, 2.45) is 0 Å². The van der Waals surface area contributed by atoms with Crippen LogP contribution in [0.15, 0.2) is 48.5 Å². The third kappa shape index (κ3) is 5.67. The molecule has 0 fully saturated rings. The van der Waals surface area contributed by atoms with Gasteiger partial charge in [0.15, 0.2) is 34.6 Å². The predicted octanol–water partition coefficient (Wildman–Crippen LogP) is 4.87. The van der Waals surface area contributed by atoms with Crippen LogP contribution in [0.5, 0.6) is 40.2 Å². The summed E-state index contributed by atoms with van der Waals surface area (Å²) in [5.74, 6) is 2.11. The van der Waals surface area contributed by atoms with Crippen molar-refractivity contribution in [2.75, 3.05) is 49.8 Å². The van der Waals surface area contributed by atoms with Crippen LogP contribution in [-0.4, -0.2) is 61.3 Å². The number of hydrogen-bond acceptors (Lipinski definition) is 9. The topological polar surface area (TPSA) is 98.8 Å². The van der Waals surface area contributed by atoms with Crippen LogP contribution >= 0.6 is 0 Å². The smallest absolute Gasteiger partial charge is 0.203 e. The van der Waals surface area contributed by atoms with E-state index in [1.807, 2.05) is 0 Å². The first-order valence-electron chi connectivity index (χ1n) is 11.4. The van der Waals surface area contributed by atoms with Gasteiger partial charge in [-0.3, -0.25) is 9.59 Å². The van der Waals surface area contributed by atoms with Gasteiger partial charge >= 0.3 is 0 Å². The molecule has 0 bridgehead atoms. The second-order valence-electron chi connectivity index (χ2n) is 7.81. The molecular weight excluding hydrogens is 492 g/mol. The monoisotopic (exact) mass is 522 g/mol. The summed E-state index contributed by atoms with van der Waals surface area (Å²) in [6.07, 6.45) is 2.96. The first-order valence-corrected chi connectivity index (χ1v) is 11.4. The van der Waals surface area contributed by atoms with E-state index in [9.17, 15) is 9.59 Å². The number of ether oxygens (including phenoxy) is 7. The number of hydrogen-bond donors (Lipinski definition) is 0. The second-order valence-corrected chi connectivity index (χ2v) is 7.81. The number of ketones is 2. The third-order valence-electron chi connectivity index (χ3n) is 5.78. The fraction of sp³-hybridized carbons (Fsp3) is 0.241. The average Bonchev–Trinajstić information content (AvgIpc) is 2.97. The molecule has 38 heavy (non-hydrogen) atoms. The van der Waals surface area contributed by atoms with E-state index < -0.39 is 0 Å². The molecule has 0 aliphatic heterocycles. The van der Waals surface area contributed by atoms with Crippen molar-refractivity contribution in [1.29, 1.82) is 0 Å². The molecule has 0 aromatic heterocycles. The molecule has 0 saturated carbocycles. The van der Waals surface area contributed by atoms with Gasteiger partial charge in [-0.1, -0.05) is 0 Å². The van der Waals surface area contributed by atoms with Crippen molar-refractivity contribution in [3.05, 3.63) is 70.8 Å². The number of carbonyl (C=O) groups excluding carboxylic acids is 2. The van der Waals surface area contributed by atoms with Gasteiger partial charge in [0, 0.05) is 22.3 Å². The molecule has 0 saturated heterocycles. The molecule has 200 valence electrons. The Balaban J connectivity index is 1.98. The van der Waals surface area contributed by atoms with Gasteiger partial charge in [0.2, 0.25) is 11.5 Å². The summed E-state index contributed by atoms with van der Waals surface area (Å²) in [4.78, 5) is 26.4. The maximum Gasteiger partial charge on any atom is 0.203 e. The molecular formula is C29H30O9. The molecule has 0 aliphatic carbocycles. The van der Waals surface area contributed by atoms with Crippen molar-refractivity contribution in [2.45, 2.75) is 0 Å². The highest BCUT2D eigenvalue weighted by Crippen LogP contribution is 2.40. The van der Waals surface area contributed by atoms with Crippen LogP contribution in [-0.2, 0) is 0 Å². The molecule has 9 nitrogen and oxygen atoms in total. The van der Waals surface area contributed by atoms with Gasteiger partial charge in [0.05, 0.1) is 49.8 Å². The number of allylic oxidation sites excluding steroid dienone is 1. The Morgan fingerprint density at radius 2 is 0.974 bits per heavy atom. The average molecular weight is 523 g/mol. The standard InChI is InChI=1S/C29H30O9/c1-32-22-11-9-18(27(31)20-15-25(35-4)29(38-7)26(16-20)36-5)12-17(22)8-10-21(30)19-13-23(33-2)28(37-6)24(14-19)34-3/h8-16H,1-7H3/b10-8+. The van der Waals surface area contributed by atoms with Crippen LogP contribution in [0.2, 0.25) is 0 Å². The van der Waals surface area contributed by atoms with Crippen LogP contribution in [0.3, 0.4) is 0 Å². The zero-order valence-corrected chi connectivity index (χ0v) is 22.4. The normalized spacial score (nSPS) is 10.6. The molecule has 0 spiro atoms. The minimum atomic E-state index is -0.312. The summed E-state index contributed by atoms with van der Waals surface area (Å²) in [6.45, 7) is 0. The van der Waals surface area contributed by atoms with Gasteiger partial charge in [0.1, 0.15) is 5.75 Å². The second kappa shape index (κ2) is 12.5. The lowest BCUT2D eigenvalue weighted by molar-refractivity contribution is 0.103. The van der Waals surface area contributed by atoms with Crippen LogP contribution < -0.4 is 33.2 Å². The highest BCUT2D eigenvalue weighted by atomic mass is 16.5. The van der Waals surface area contributed by atoms with Gasteiger partial charge in [0.25, 0.3) is 0 Å². The largest absolute Gasteiger partial charge is 0.496 e. The number of methoxy groups -OCH3 is 7. The molecule has 3 aromatic rings. The Kier molecular flexibility index (Phi) is 9.21. The minimum Gasteiger partial charge on any atom is -0.496 e. The first kappa shape index (κ1) is 27.9. The molecule has 9 heteroatoms. The summed E-state index contributed by atoms with van der Waals surface area (Å²) in [5, 5.41) is 0. The van der Waals surface area contributed by atoms with Crippen molar-refractivity contribution in [3.8, 4) is 40.2 Å². The number of benzene rings is 3. The summed E-state index contributed by atoms with van der Waals surface area (Å²) < 4.78 is 37.5. The van der Waals surface area contributed by atoms with E-state index in [0.29, 0.717) is 62.5 Å². The van der Waals surface area contributed by atoms with E-state index in [0.717, 1.165) is 0 Å². The van der Waals surface area contributed by atoms with Crippen molar-refractivity contribution in [1.82, 2.24) is 0 Å². The van der Waals surface area contributed by atoms with Crippen LogP contribution in [0.1, 0.15) is 31.8 Å². The molecule has 0 radical (unpaired) electrons. The fourth-order valence-electron chi connectivity index (χ4n) is 3.87. The van der Waals surface area contributed by atoms with E-state index in [2.05, 4.69) is 0 Å². The quantitative estimate of drug-likeness (QED) is 0.244. The molecule has 0 N–H and O–H groups in total. The highest BCUT2D eigenvalue weighted by Gasteiger charge is 2.19. The van der Waals surface area contributed by atoms with Crippen molar-refractivity contribution < 1.29 is 42.7 Å². The zero-order valence-electron chi connectivity index (χ0n) is 22.4. The predicted molar refractivity (Wildman–Crippen MR) is 142 cm³/mol. The summed E-state index contributed by atoms with van der Waals surface area (Å²) in [6, 6.07) is 11.2. The Morgan fingerprint density at radius 1 is 0.526 bits per heavy atom. The van der Waals surface area contributed by atoms with E-state index >= 15 is 0 Å². The summed E-state index contributed by atoms with van der Waals surface area (Å²) >= 11 is 0. The summed E-state index contributed by atoms with van der Waals surface area (Å²) in [7, 11) is 10.4. The maximum atomic E-state index is 13.4. The number of rotatable bonds is 12. The van der Waals surface area contributed by atoms with E-state index in [1.54, 1.807) is 48.5 Å². The lowest BCUT2D eigenvalue weighted by atomic mass is 9.99. The van der Waals surface area contributed by atoms with Crippen LogP contribution in [0.4, 0.5) is 0 Å². The maximum absolute atomic E-state index is 13.4. The van der Waals surface area contributed by atoms with Crippen molar-refractivity contribution in [3.63, 3.8) is 0 Å². The molecule has 0 amide bonds. The Labute approximate surface area is 221 Å². The Hall–Kier alpha value is -4.66. The van der Waals surface area contributed by atoms with Gasteiger partial charge in [-0.05, 0) is 54.6 Å². The summed E-state index contributed by atoms with van der Waals surface area (Å²) in [5.41, 5.74) is 1.58. The molecule has 3 aromatic carbocycles. The first-order chi connectivity index (χ1) is 18.3. The van der Waals surface area contributed by atoms with Gasteiger partial charge in [-0.2, -0.15) is 0 Å². The van der Waals surface area contributed by atoms with E-state index in [4.69, 9.17) is 33.2 Å². The van der Waals surface area contributed by atoms with E-state index in [-0.39, 0.29) is 11.6 Å². The van der Waals surface area contributed by atoms with Gasteiger partial charge in [-0.25, -0.2) is 0 Å². The Bertz CT molecular complexity index is 1310. The molecule has 0 aliphatic rings. The Morgan fingerprint density at radius 3 is 1.39 bits per heavy atom. The minimum absolute atomic E-state index is 0.280. The molecule has 0 heterocycles. The number of carbonyl (C=O) groups is 2.